The summed E-state index contributed by atoms with van der Waals surface area (Å²) in [5.41, 5.74) is 1.99. The van der Waals surface area contributed by atoms with Crippen molar-refractivity contribution in [3.8, 4) is 0 Å². The van der Waals surface area contributed by atoms with Gasteiger partial charge in [-0.3, -0.25) is 14.3 Å². The Labute approximate surface area is 158 Å². The van der Waals surface area contributed by atoms with Crippen molar-refractivity contribution in [2.45, 2.75) is 38.2 Å². The number of carbonyl (C=O) groups excluding carboxylic acids is 2. The molecule has 0 saturated heterocycles. The van der Waals surface area contributed by atoms with Crippen LogP contribution in [0.5, 0.6) is 0 Å². The number of ether oxygens (including phenoxy) is 1. The van der Waals surface area contributed by atoms with E-state index in [0.717, 1.165) is 5.69 Å². The first-order chi connectivity index (χ1) is 12.6. The van der Waals surface area contributed by atoms with Crippen LogP contribution >= 0.6 is 0 Å². The lowest BCUT2D eigenvalue weighted by molar-refractivity contribution is -0.152. The van der Waals surface area contributed by atoms with Crippen LogP contribution in [0.1, 0.15) is 24.7 Å². The van der Waals surface area contributed by atoms with Crippen LogP contribution in [-0.2, 0) is 31.2 Å². The van der Waals surface area contributed by atoms with Crippen LogP contribution in [0.2, 0.25) is 0 Å². The zero-order chi connectivity index (χ0) is 20.2. The van der Waals surface area contributed by atoms with Crippen molar-refractivity contribution in [2.24, 2.45) is 7.05 Å². The largest absolute Gasteiger partial charge is 0.453 e. The molecule has 0 fully saturated rings. The van der Waals surface area contributed by atoms with Crippen LogP contribution in [0.25, 0.3) is 0 Å². The number of anilines is 1. The van der Waals surface area contributed by atoms with Gasteiger partial charge in [0.05, 0.1) is 34.1 Å². The Morgan fingerprint density at radius 3 is 2.41 bits per heavy atom. The highest BCUT2D eigenvalue weighted by Crippen LogP contribution is 2.19. The standard InChI is InChI=1S/C18H23N3O5S/c1-12-17(13(2)21(4)20-12)19-18(23)14(3)26-16(22)10-11-27(24,25)15-8-6-5-7-9-15/h5-9,14H,10-11H2,1-4H3,(H,19,23)/t14-/m1/s1. The van der Waals surface area contributed by atoms with Gasteiger partial charge in [0.2, 0.25) is 0 Å². The van der Waals surface area contributed by atoms with Crippen molar-refractivity contribution in [1.29, 1.82) is 0 Å². The fourth-order valence-electron chi connectivity index (χ4n) is 2.45. The highest BCUT2D eigenvalue weighted by Gasteiger charge is 2.22. The van der Waals surface area contributed by atoms with Crippen LogP contribution in [-0.4, -0.2) is 41.9 Å². The number of carbonyl (C=O) groups is 2. The van der Waals surface area contributed by atoms with Gasteiger partial charge in [-0.15, -0.1) is 0 Å². The van der Waals surface area contributed by atoms with Gasteiger partial charge in [0.25, 0.3) is 5.91 Å². The van der Waals surface area contributed by atoms with Gasteiger partial charge in [0, 0.05) is 7.05 Å². The number of aryl methyl sites for hydroxylation is 2. The van der Waals surface area contributed by atoms with Crippen molar-refractivity contribution in [3.63, 3.8) is 0 Å². The molecule has 2 aromatic rings. The van der Waals surface area contributed by atoms with E-state index in [9.17, 15) is 18.0 Å². The molecule has 1 N–H and O–H groups in total. The highest BCUT2D eigenvalue weighted by atomic mass is 32.2. The topological polar surface area (TPSA) is 107 Å². The molecule has 9 heteroatoms. The average Bonchev–Trinajstić information content (AvgIpc) is 2.87. The van der Waals surface area contributed by atoms with Crippen LogP contribution in [0, 0.1) is 13.8 Å². The molecule has 1 atom stereocenters. The second kappa shape index (κ2) is 8.34. The average molecular weight is 393 g/mol. The lowest BCUT2D eigenvalue weighted by Gasteiger charge is -2.14. The zero-order valence-corrected chi connectivity index (χ0v) is 16.5. The Bertz CT molecular complexity index is 935. The lowest BCUT2D eigenvalue weighted by atomic mass is 10.3. The van der Waals surface area contributed by atoms with Crippen LogP contribution in [0.3, 0.4) is 0 Å². The molecule has 0 radical (unpaired) electrons. The van der Waals surface area contributed by atoms with E-state index >= 15 is 0 Å². The summed E-state index contributed by atoms with van der Waals surface area (Å²) in [5, 5.41) is 6.88. The van der Waals surface area contributed by atoms with Crippen LogP contribution < -0.4 is 5.32 Å². The van der Waals surface area contributed by atoms with E-state index < -0.39 is 27.8 Å². The first-order valence-corrected chi connectivity index (χ1v) is 10.1. The van der Waals surface area contributed by atoms with Gasteiger partial charge in [0.15, 0.2) is 15.9 Å². The maximum absolute atomic E-state index is 12.2. The molecule has 0 bridgehead atoms. The smallest absolute Gasteiger partial charge is 0.307 e. The van der Waals surface area contributed by atoms with Gasteiger partial charge in [-0.2, -0.15) is 5.10 Å². The maximum Gasteiger partial charge on any atom is 0.307 e. The Balaban J connectivity index is 1.90. The van der Waals surface area contributed by atoms with Crippen LogP contribution in [0.15, 0.2) is 35.2 Å². The second-order valence-corrected chi connectivity index (χ2v) is 8.28. The summed E-state index contributed by atoms with van der Waals surface area (Å²) < 4.78 is 31.1. The summed E-state index contributed by atoms with van der Waals surface area (Å²) in [7, 11) is -1.82. The predicted octanol–water partition coefficient (Wildman–Crippen LogP) is 1.77. The van der Waals surface area contributed by atoms with E-state index in [2.05, 4.69) is 10.4 Å². The molecule has 0 aliphatic rings. The predicted molar refractivity (Wildman–Crippen MR) is 100.0 cm³/mol. The van der Waals surface area contributed by atoms with E-state index in [1.807, 2.05) is 0 Å². The third-order valence-corrected chi connectivity index (χ3v) is 5.84. The summed E-state index contributed by atoms with van der Waals surface area (Å²) in [4.78, 5) is 24.3. The molecule has 1 heterocycles. The van der Waals surface area contributed by atoms with Gasteiger partial charge < -0.3 is 10.1 Å². The number of hydrogen-bond donors (Lipinski definition) is 1. The molecule has 146 valence electrons. The molecular formula is C18H23N3O5S. The van der Waals surface area contributed by atoms with E-state index in [-0.39, 0.29) is 17.1 Å². The third-order valence-electron chi connectivity index (χ3n) is 4.11. The number of esters is 1. The second-order valence-electron chi connectivity index (χ2n) is 6.17. The molecule has 0 aliphatic carbocycles. The van der Waals surface area contributed by atoms with E-state index in [1.54, 1.807) is 43.8 Å². The van der Waals surface area contributed by atoms with E-state index in [0.29, 0.717) is 11.4 Å². The van der Waals surface area contributed by atoms with Gasteiger partial charge in [-0.25, -0.2) is 8.42 Å². The third kappa shape index (κ3) is 5.16. The summed E-state index contributed by atoms with van der Waals surface area (Å²) in [6, 6.07) is 7.87. The van der Waals surface area contributed by atoms with Crippen molar-refractivity contribution >= 4 is 27.4 Å². The molecule has 27 heavy (non-hydrogen) atoms. The summed E-state index contributed by atoms with van der Waals surface area (Å²) in [6.07, 6.45) is -1.39. The number of nitrogens with one attached hydrogen (secondary N) is 1. The van der Waals surface area contributed by atoms with E-state index in [1.165, 1.54) is 19.1 Å². The van der Waals surface area contributed by atoms with E-state index in [4.69, 9.17) is 4.74 Å². The molecule has 2 rings (SSSR count). The van der Waals surface area contributed by atoms with Gasteiger partial charge >= 0.3 is 5.97 Å². The number of hydrogen-bond acceptors (Lipinski definition) is 6. The van der Waals surface area contributed by atoms with Gasteiger partial charge in [-0.05, 0) is 32.9 Å². The van der Waals surface area contributed by atoms with Crippen LogP contribution in [0.4, 0.5) is 5.69 Å². The maximum atomic E-state index is 12.2. The van der Waals surface area contributed by atoms with Crippen molar-refractivity contribution in [1.82, 2.24) is 9.78 Å². The zero-order valence-electron chi connectivity index (χ0n) is 15.7. The minimum atomic E-state index is -3.58. The quantitative estimate of drug-likeness (QED) is 0.719. The van der Waals surface area contributed by atoms with Crippen molar-refractivity contribution in [3.05, 3.63) is 41.7 Å². The molecule has 8 nitrogen and oxygen atoms in total. The normalized spacial score (nSPS) is 12.4. The summed E-state index contributed by atoms with van der Waals surface area (Å²) in [6.45, 7) is 4.99. The lowest BCUT2D eigenvalue weighted by Crippen LogP contribution is -2.30. The monoisotopic (exact) mass is 393 g/mol. The summed E-state index contributed by atoms with van der Waals surface area (Å²) >= 11 is 0. The van der Waals surface area contributed by atoms with Crippen molar-refractivity contribution < 1.29 is 22.7 Å². The minimum absolute atomic E-state index is 0.145. The van der Waals surface area contributed by atoms with Gasteiger partial charge in [0.1, 0.15) is 0 Å². The number of sulfone groups is 1. The number of amides is 1. The Morgan fingerprint density at radius 1 is 1.22 bits per heavy atom. The molecule has 1 aromatic carbocycles. The molecular weight excluding hydrogens is 370 g/mol. The highest BCUT2D eigenvalue weighted by molar-refractivity contribution is 7.91. The minimum Gasteiger partial charge on any atom is -0.453 e. The molecule has 0 saturated carbocycles. The Morgan fingerprint density at radius 2 is 1.85 bits per heavy atom. The molecule has 0 spiro atoms. The number of benzene rings is 1. The Kier molecular flexibility index (Phi) is 6.37. The fraction of sp³-hybridized carbons (Fsp3) is 0.389. The molecule has 1 amide bonds. The first-order valence-electron chi connectivity index (χ1n) is 8.40. The van der Waals surface area contributed by atoms with Crippen molar-refractivity contribution in [2.75, 3.05) is 11.1 Å². The fourth-order valence-corrected chi connectivity index (χ4v) is 3.70. The Hall–Kier alpha value is -2.68. The first kappa shape index (κ1) is 20.6. The number of rotatable bonds is 7. The number of aromatic nitrogens is 2. The molecule has 1 aromatic heterocycles. The number of nitrogens with zero attached hydrogens (tertiary/aromatic N) is 2. The molecule has 0 unspecified atom stereocenters. The SMILES string of the molecule is Cc1nn(C)c(C)c1NC(=O)[C@@H](C)OC(=O)CCS(=O)(=O)c1ccccc1. The van der Waals surface area contributed by atoms with Gasteiger partial charge in [-0.1, -0.05) is 18.2 Å². The molecule has 0 aliphatic heterocycles. The summed E-state index contributed by atoms with van der Waals surface area (Å²) in [5.74, 6) is -1.64.